The number of nitrogens with zero attached hydrogens (tertiary/aromatic N) is 1. The normalized spacial score (nSPS) is 15.7. The van der Waals surface area contributed by atoms with Crippen LogP contribution in [-0.2, 0) is 4.74 Å². The molecule has 0 heterocycles. The van der Waals surface area contributed by atoms with Crippen LogP contribution in [0.15, 0.2) is 0 Å². The van der Waals surface area contributed by atoms with Gasteiger partial charge < -0.3 is 15.0 Å². The first-order valence-electron chi connectivity index (χ1n) is 5.21. The summed E-state index contributed by atoms with van der Waals surface area (Å²) in [5.74, 6) is 0. The Morgan fingerprint density at radius 1 is 1.57 bits per heavy atom. The van der Waals surface area contributed by atoms with Crippen molar-refractivity contribution in [3.05, 3.63) is 0 Å². The number of methoxy groups -OCH3 is 1. The van der Waals surface area contributed by atoms with Crippen molar-refractivity contribution in [1.82, 2.24) is 10.2 Å². The molecule has 0 radical (unpaired) electrons. The Labute approximate surface area is 91.8 Å². The van der Waals surface area contributed by atoms with E-state index in [1.165, 1.54) is 12.8 Å². The SMILES string of the molecule is COCCN(C(=S)NC(C)C)C1CC1. The minimum absolute atomic E-state index is 0.409. The van der Waals surface area contributed by atoms with Crippen LogP contribution in [-0.4, -0.2) is 42.4 Å². The zero-order valence-electron chi connectivity index (χ0n) is 9.25. The minimum atomic E-state index is 0.409. The van der Waals surface area contributed by atoms with Crippen molar-refractivity contribution >= 4 is 17.3 Å². The maximum absolute atomic E-state index is 5.34. The van der Waals surface area contributed by atoms with Crippen LogP contribution in [0.3, 0.4) is 0 Å². The molecule has 0 bridgehead atoms. The molecule has 82 valence electrons. The fourth-order valence-corrected chi connectivity index (χ4v) is 1.83. The maximum Gasteiger partial charge on any atom is 0.169 e. The molecule has 1 saturated carbocycles. The Morgan fingerprint density at radius 3 is 2.64 bits per heavy atom. The summed E-state index contributed by atoms with van der Waals surface area (Å²) in [5, 5.41) is 4.15. The van der Waals surface area contributed by atoms with E-state index in [1.54, 1.807) is 7.11 Å². The molecule has 0 spiro atoms. The maximum atomic E-state index is 5.34. The molecule has 3 nitrogen and oxygen atoms in total. The third kappa shape index (κ3) is 3.80. The summed E-state index contributed by atoms with van der Waals surface area (Å²) in [6.07, 6.45) is 2.53. The summed E-state index contributed by atoms with van der Waals surface area (Å²) in [5.41, 5.74) is 0. The fraction of sp³-hybridized carbons (Fsp3) is 0.900. The smallest absolute Gasteiger partial charge is 0.169 e. The Bertz CT molecular complexity index is 193. The van der Waals surface area contributed by atoms with Crippen LogP contribution >= 0.6 is 12.2 Å². The lowest BCUT2D eigenvalue weighted by Gasteiger charge is -2.26. The largest absolute Gasteiger partial charge is 0.383 e. The quantitative estimate of drug-likeness (QED) is 0.702. The Morgan fingerprint density at radius 2 is 2.21 bits per heavy atom. The first-order valence-corrected chi connectivity index (χ1v) is 5.62. The van der Waals surface area contributed by atoms with Crippen molar-refractivity contribution in [2.75, 3.05) is 20.3 Å². The van der Waals surface area contributed by atoms with Gasteiger partial charge in [0.2, 0.25) is 0 Å². The standard InChI is InChI=1S/C10H20N2OS/c1-8(2)11-10(14)12(6-7-13-3)9-4-5-9/h8-9H,4-7H2,1-3H3,(H,11,14). The van der Waals surface area contributed by atoms with Gasteiger partial charge in [0.25, 0.3) is 0 Å². The molecule has 0 amide bonds. The van der Waals surface area contributed by atoms with E-state index in [9.17, 15) is 0 Å². The van der Waals surface area contributed by atoms with E-state index in [4.69, 9.17) is 17.0 Å². The summed E-state index contributed by atoms with van der Waals surface area (Å²) < 4.78 is 5.08. The Hall–Kier alpha value is -0.350. The average molecular weight is 216 g/mol. The molecule has 0 aliphatic heterocycles. The lowest BCUT2D eigenvalue weighted by molar-refractivity contribution is 0.173. The molecule has 0 atom stereocenters. The number of ether oxygens (including phenoxy) is 1. The lowest BCUT2D eigenvalue weighted by Crippen LogP contribution is -2.45. The average Bonchev–Trinajstić information content (AvgIpc) is 2.87. The van der Waals surface area contributed by atoms with Crippen LogP contribution in [0, 0.1) is 0 Å². The molecular formula is C10H20N2OS. The zero-order chi connectivity index (χ0) is 10.6. The number of nitrogens with one attached hydrogen (secondary N) is 1. The molecule has 1 rings (SSSR count). The van der Waals surface area contributed by atoms with E-state index >= 15 is 0 Å². The van der Waals surface area contributed by atoms with Gasteiger partial charge in [-0.3, -0.25) is 0 Å². The Balaban J connectivity index is 2.36. The lowest BCUT2D eigenvalue weighted by atomic mass is 10.4. The van der Waals surface area contributed by atoms with Gasteiger partial charge in [0, 0.05) is 25.7 Å². The van der Waals surface area contributed by atoms with Crippen LogP contribution in [0.2, 0.25) is 0 Å². The first kappa shape index (κ1) is 11.7. The predicted molar refractivity (Wildman–Crippen MR) is 62.5 cm³/mol. The molecule has 0 unspecified atom stereocenters. The molecule has 0 saturated heterocycles. The fourth-order valence-electron chi connectivity index (χ4n) is 1.36. The van der Waals surface area contributed by atoms with Gasteiger partial charge in [0.15, 0.2) is 5.11 Å². The van der Waals surface area contributed by atoms with Crippen molar-refractivity contribution < 1.29 is 4.74 Å². The monoisotopic (exact) mass is 216 g/mol. The highest BCUT2D eigenvalue weighted by atomic mass is 32.1. The van der Waals surface area contributed by atoms with Gasteiger partial charge in [-0.05, 0) is 38.9 Å². The topological polar surface area (TPSA) is 24.5 Å². The summed E-state index contributed by atoms with van der Waals surface area (Å²) >= 11 is 5.34. The predicted octanol–water partition coefficient (Wildman–Crippen LogP) is 1.38. The van der Waals surface area contributed by atoms with Crippen molar-refractivity contribution in [2.24, 2.45) is 0 Å². The van der Waals surface area contributed by atoms with Gasteiger partial charge in [-0.2, -0.15) is 0 Å². The van der Waals surface area contributed by atoms with Gasteiger partial charge in [-0.25, -0.2) is 0 Å². The third-order valence-corrected chi connectivity index (χ3v) is 2.55. The molecule has 1 aliphatic rings. The zero-order valence-corrected chi connectivity index (χ0v) is 10.1. The van der Waals surface area contributed by atoms with E-state index in [0.29, 0.717) is 12.1 Å². The van der Waals surface area contributed by atoms with Crippen LogP contribution < -0.4 is 5.32 Å². The number of hydrogen-bond donors (Lipinski definition) is 1. The molecular weight excluding hydrogens is 196 g/mol. The van der Waals surface area contributed by atoms with Gasteiger partial charge >= 0.3 is 0 Å². The highest BCUT2D eigenvalue weighted by molar-refractivity contribution is 7.80. The van der Waals surface area contributed by atoms with Gasteiger partial charge in [-0.1, -0.05) is 0 Å². The van der Waals surface area contributed by atoms with Crippen LogP contribution in [0.25, 0.3) is 0 Å². The second-order valence-electron chi connectivity index (χ2n) is 4.02. The molecule has 0 aromatic carbocycles. The van der Waals surface area contributed by atoms with E-state index in [2.05, 4.69) is 24.1 Å². The van der Waals surface area contributed by atoms with E-state index in [1.807, 2.05) is 0 Å². The summed E-state index contributed by atoms with van der Waals surface area (Å²) in [6.45, 7) is 5.86. The van der Waals surface area contributed by atoms with Crippen LogP contribution in [0.5, 0.6) is 0 Å². The van der Waals surface area contributed by atoms with E-state index in [0.717, 1.165) is 18.3 Å². The third-order valence-electron chi connectivity index (χ3n) is 2.20. The highest BCUT2D eigenvalue weighted by Crippen LogP contribution is 2.26. The van der Waals surface area contributed by atoms with Gasteiger partial charge in [-0.15, -0.1) is 0 Å². The van der Waals surface area contributed by atoms with E-state index in [-0.39, 0.29) is 0 Å². The molecule has 4 heteroatoms. The number of hydrogen-bond acceptors (Lipinski definition) is 2. The van der Waals surface area contributed by atoms with Crippen molar-refractivity contribution in [3.8, 4) is 0 Å². The molecule has 0 aromatic rings. The molecule has 1 N–H and O–H groups in total. The van der Waals surface area contributed by atoms with Crippen molar-refractivity contribution in [1.29, 1.82) is 0 Å². The second-order valence-corrected chi connectivity index (χ2v) is 4.41. The van der Waals surface area contributed by atoms with Crippen molar-refractivity contribution in [2.45, 2.75) is 38.8 Å². The molecule has 0 aromatic heterocycles. The summed E-state index contributed by atoms with van der Waals surface area (Å²) in [7, 11) is 1.73. The molecule has 14 heavy (non-hydrogen) atoms. The van der Waals surface area contributed by atoms with Gasteiger partial charge in [0.1, 0.15) is 0 Å². The first-order chi connectivity index (χ1) is 6.65. The molecule has 1 fully saturated rings. The molecule has 1 aliphatic carbocycles. The van der Waals surface area contributed by atoms with Crippen molar-refractivity contribution in [3.63, 3.8) is 0 Å². The van der Waals surface area contributed by atoms with Crippen LogP contribution in [0.4, 0.5) is 0 Å². The minimum Gasteiger partial charge on any atom is -0.383 e. The second kappa shape index (κ2) is 5.51. The van der Waals surface area contributed by atoms with Crippen LogP contribution in [0.1, 0.15) is 26.7 Å². The summed E-state index contributed by atoms with van der Waals surface area (Å²) in [6, 6.07) is 1.06. The number of rotatable bonds is 5. The van der Waals surface area contributed by atoms with E-state index < -0.39 is 0 Å². The van der Waals surface area contributed by atoms with Gasteiger partial charge in [0.05, 0.1) is 6.61 Å². The highest BCUT2D eigenvalue weighted by Gasteiger charge is 2.30. The Kier molecular flexibility index (Phi) is 4.62. The summed E-state index contributed by atoms with van der Waals surface area (Å²) in [4.78, 5) is 2.25. The number of thiocarbonyl (C=S) groups is 1.